The van der Waals surface area contributed by atoms with Gasteiger partial charge >= 0.3 is 0 Å². The quantitative estimate of drug-likeness (QED) is 0.434. The second-order valence-electron chi connectivity index (χ2n) is 5.82. The van der Waals surface area contributed by atoms with Crippen molar-refractivity contribution >= 4 is 34.1 Å². The van der Waals surface area contributed by atoms with Crippen molar-refractivity contribution in [2.45, 2.75) is 0 Å². The lowest BCUT2D eigenvalue weighted by Gasteiger charge is -2.12. The first-order valence-electron chi connectivity index (χ1n) is 7.64. The van der Waals surface area contributed by atoms with E-state index in [4.69, 9.17) is 5.21 Å². The summed E-state index contributed by atoms with van der Waals surface area (Å²) in [4.78, 5) is 28.6. The molecule has 2 amide bonds. The Morgan fingerprint density at radius 2 is 1.72 bits per heavy atom. The Morgan fingerprint density at radius 1 is 1.00 bits per heavy atom. The van der Waals surface area contributed by atoms with E-state index in [1.807, 2.05) is 31.1 Å². The molecular weight excluding hydrogens is 320 g/mol. The Kier molecular flexibility index (Phi) is 4.40. The number of carbonyl (C=O) groups is 2. The van der Waals surface area contributed by atoms with Crippen molar-refractivity contribution in [1.29, 1.82) is 0 Å². The van der Waals surface area contributed by atoms with Crippen molar-refractivity contribution in [1.82, 2.24) is 10.5 Å². The first-order valence-corrected chi connectivity index (χ1v) is 7.64. The van der Waals surface area contributed by atoms with Gasteiger partial charge in [0.2, 0.25) is 0 Å². The van der Waals surface area contributed by atoms with Gasteiger partial charge in [-0.15, -0.1) is 0 Å². The van der Waals surface area contributed by atoms with Crippen molar-refractivity contribution in [2.75, 3.05) is 24.3 Å². The fourth-order valence-electron chi connectivity index (χ4n) is 2.51. The van der Waals surface area contributed by atoms with E-state index in [1.165, 1.54) is 0 Å². The van der Waals surface area contributed by atoms with E-state index in [2.05, 4.69) is 10.3 Å². The zero-order valence-electron chi connectivity index (χ0n) is 13.8. The summed E-state index contributed by atoms with van der Waals surface area (Å²) in [5.74, 6) is -0.837. The van der Waals surface area contributed by atoms with Gasteiger partial charge in [-0.25, -0.2) is 5.48 Å². The van der Waals surface area contributed by atoms with Crippen LogP contribution < -0.4 is 15.7 Å². The van der Waals surface area contributed by atoms with Crippen molar-refractivity contribution in [2.24, 2.45) is 0 Å². The van der Waals surface area contributed by atoms with Crippen molar-refractivity contribution in [3.63, 3.8) is 0 Å². The smallest absolute Gasteiger partial charge is 0.291 e. The summed E-state index contributed by atoms with van der Waals surface area (Å²) in [6, 6.07) is 14.1. The lowest BCUT2D eigenvalue weighted by atomic mass is 10.1. The molecule has 0 radical (unpaired) electrons. The maximum absolute atomic E-state index is 12.4. The number of aromatic amines is 1. The molecule has 1 heterocycles. The largest absolute Gasteiger partial charge is 0.378 e. The number of H-pyrrole nitrogens is 1. The van der Waals surface area contributed by atoms with Crippen LogP contribution in [0.1, 0.15) is 20.8 Å². The fraction of sp³-hybridized carbons (Fsp3) is 0.111. The van der Waals surface area contributed by atoms with Crippen LogP contribution in [0.4, 0.5) is 11.4 Å². The van der Waals surface area contributed by atoms with Crippen LogP contribution in [-0.4, -0.2) is 36.1 Å². The summed E-state index contributed by atoms with van der Waals surface area (Å²) in [6.45, 7) is 0. The molecule has 4 N–H and O–H groups in total. The zero-order valence-corrected chi connectivity index (χ0v) is 13.8. The summed E-state index contributed by atoms with van der Waals surface area (Å²) < 4.78 is 0. The number of hydrogen-bond donors (Lipinski definition) is 4. The minimum atomic E-state index is -0.622. The number of nitrogens with zero attached hydrogens (tertiary/aromatic N) is 1. The van der Waals surface area contributed by atoms with Crippen LogP contribution >= 0.6 is 0 Å². The molecule has 3 rings (SSSR count). The first-order chi connectivity index (χ1) is 12.0. The monoisotopic (exact) mass is 338 g/mol. The standard InChI is InChI=1S/C18H18N4O3/c1-22(2)14-6-3-11(4-7-14)17(23)19-13-5-8-15-12(9-13)10-16(20-15)18(24)21-25/h3-10,20,25H,1-2H3,(H,19,23)(H,21,24). The highest BCUT2D eigenvalue weighted by Gasteiger charge is 2.10. The van der Waals surface area contributed by atoms with Gasteiger partial charge in [0.25, 0.3) is 11.8 Å². The number of benzene rings is 2. The molecule has 2 aromatic carbocycles. The average Bonchev–Trinajstić information content (AvgIpc) is 3.04. The SMILES string of the molecule is CN(C)c1ccc(C(=O)Nc2ccc3[nH]c(C(=O)NO)cc3c2)cc1. The molecule has 0 aliphatic rings. The van der Waals surface area contributed by atoms with Crippen LogP contribution in [0.15, 0.2) is 48.5 Å². The maximum atomic E-state index is 12.4. The molecule has 128 valence electrons. The Hall–Kier alpha value is -3.32. The molecule has 0 spiro atoms. The van der Waals surface area contributed by atoms with Gasteiger partial charge in [-0.3, -0.25) is 14.8 Å². The minimum absolute atomic E-state index is 0.214. The Balaban J connectivity index is 1.79. The van der Waals surface area contributed by atoms with Crippen molar-refractivity contribution in [3.8, 4) is 0 Å². The number of rotatable bonds is 4. The number of carbonyl (C=O) groups excluding carboxylic acids is 2. The van der Waals surface area contributed by atoms with Gasteiger partial charge < -0.3 is 15.2 Å². The predicted octanol–water partition coefficient (Wildman–Crippen LogP) is 2.61. The summed E-state index contributed by atoms with van der Waals surface area (Å²) >= 11 is 0. The molecule has 0 aliphatic carbocycles. The van der Waals surface area contributed by atoms with Crippen LogP contribution in [0.5, 0.6) is 0 Å². The molecule has 0 fully saturated rings. The van der Waals surface area contributed by atoms with Gasteiger partial charge in [0.15, 0.2) is 0 Å². The van der Waals surface area contributed by atoms with Crippen LogP contribution in [-0.2, 0) is 0 Å². The highest BCUT2D eigenvalue weighted by Crippen LogP contribution is 2.21. The third-order valence-electron chi connectivity index (χ3n) is 3.87. The Labute approximate surface area is 144 Å². The summed E-state index contributed by atoms with van der Waals surface area (Å²) in [5, 5.41) is 12.3. The number of anilines is 2. The Morgan fingerprint density at radius 3 is 2.36 bits per heavy atom. The summed E-state index contributed by atoms with van der Waals surface area (Å²) in [5.41, 5.74) is 4.73. The highest BCUT2D eigenvalue weighted by molar-refractivity contribution is 6.05. The second-order valence-corrected chi connectivity index (χ2v) is 5.82. The van der Waals surface area contributed by atoms with Gasteiger partial charge in [0.1, 0.15) is 5.69 Å². The molecule has 0 aliphatic heterocycles. The van der Waals surface area contributed by atoms with Gasteiger partial charge in [0, 0.05) is 41.9 Å². The zero-order chi connectivity index (χ0) is 18.0. The number of hydroxylamine groups is 1. The third-order valence-corrected chi connectivity index (χ3v) is 3.87. The van der Waals surface area contributed by atoms with Gasteiger partial charge in [-0.2, -0.15) is 0 Å². The maximum Gasteiger partial charge on any atom is 0.291 e. The number of aromatic nitrogens is 1. The van der Waals surface area contributed by atoms with Crippen LogP contribution in [0.25, 0.3) is 10.9 Å². The van der Waals surface area contributed by atoms with E-state index in [1.54, 1.807) is 41.9 Å². The molecule has 0 saturated heterocycles. The fourth-order valence-corrected chi connectivity index (χ4v) is 2.51. The topological polar surface area (TPSA) is 97.5 Å². The van der Waals surface area contributed by atoms with Crippen LogP contribution in [0.2, 0.25) is 0 Å². The molecule has 0 saturated carbocycles. The third kappa shape index (κ3) is 3.46. The van der Waals surface area contributed by atoms with E-state index >= 15 is 0 Å². The highest BCUT2D eigenvalue weighted by atomic mass is 16.5. The molecule has 1 aromatic heterocycles. The van der Waals surface area contributed by atoms with E-state index in [0.29, 0.717) is 11.3 Å². The average molecular weight is 338 g/mol. The minimum Gasteiger partial charge on any atom is -0.378 e. The summed E-state index contributed by atoms with van der Waals surface area (Å²) in [7, 11) is 3.87. The van der Waals surface area contributed by atoms with E-state index < -0.39 is 5.91 Å². The van der Waals surface area contributed by atoms with Gasteiger partial charge in [-0.05, 0) is 48.5 Å². The predicted molar refractivity (Wildman–Crippen MR) is 96.3 cm³/mol. The number of amides is 2. The summed E-state index contributed by atoms with van der Waals surface area (Å²) in [6.07, 6.45) is 0. The number of fused-ring (bicyclic) bond motifs is 1. The van der Waals surface area contributed by atoms with E-state index in [9.17, 15) is 9.59 Å². The van der Waals surface area contributed by atoms with E-state index in [-0.39, 0.29) is 11.6 Å². The second kappa shape index (κ2) is 6.66. The van der Waals surface area contributed by atoms with Gasteiger partial charge in [-0.1, -0.05) is 0 Å². The molecule has 0 atom stereocenters. The lowest BCUT2D eigenvalue weighted by Crippen LogP contribution is -2.18. The number of nitrogens with one attached hydrogen (secondary N) is 3. The molecule has 25 heavy (non-hydrogen) atoms. The van der Waals surface area contributed by atoms with Crippen LogP contribution in [0, 0.1) is 0 Å². The van der Waals surface area contributed by atoms with Gasteiger partial charge in [0.05, 0.1) is 0 Å². The van der Waals surface area contributed by atoms with Crippen LogP contribution in [0.3, 0.4) is 0 Å². The molecule has 0 unspecified atom stereocenters. The van der Waals surface area contributed by atoms with E-state index in [0.717, 1.165) is 16.6 Å². The molecule has 0 bridgehead atoms. The molecule has 3 aromatic rings. The lowest BCUT2D eigenvalue weighted by molar-refractivity contribution is 0.0701. The van der Waals surface area contributed by atoms with Crippen molar-refractivity contribution in [3.05, 3.63) is 59.8 Å². The Bertz CT molecular complexity index is 929. The normalized spacial score (nSPS) is 10.5. The molecular formula is C18H18N4O3. The number of hydrogen-bond acceptors (Lipinski definition) is 4. The molecule has 7 heteroatoms. The van der Waals surface area contributed by atoms with Crippen molar-refractivity contribution < 1.29 is 14.8 Å². The first kappa shape index (κ1) is 16.5. The molecule has 7 nitrogen and oxygen atoms in total.